The normalized spacial score (nSPS) is 19.3. The van der Waals surface area contributed by atoms with Crippen molar-refractivity contribution < 1.29 is 28.6 Å². The van der Waals surface area contributed by atoms with Gasteiger partial charge < -0.3 is 30.2 Å². The number of hydrogen-bond acceptors (Lipinski definition) is 14. The largest absolute Gasteiger partial charge is 0.455 e. The Labute approximate surface area is 348 Å². The molecular formula is C42H54N12O6. The predicted molar refractivity (Wildman–Crippen MR) is 220 cm³/mol. The number of amides is 2. The molecule has 18 heteroatoms. The van der Waals surface area contributed by atoms with E-state index in [-0.39, 0.29) is 30.1 Å². The molecule has 5 aromatic rings. The summed E-state index contributed by atoms with van der Waals surface area (Å²) in [6.07, 6.45) is 1.92. The third-order valence-electron chi connectivity index (χ3n) is 10.9. The Morgan fingerprint density at radius 2 is 1.58 bits per heavy atom. The maximum atomic E-state index is 13.2. The van der Waals surface area contributed by atoms with Gasteiger partial charge in [0.2, 0.25) is 5.82 Å². The van der Waals surface area contributed by atoms with E-state index in [1.807, 2.05) is 43.3 Å². The summed E-state index contributed by atoms with van der Waals surface area (Å²) in [7, 11) is 0. The van der Waals surface area contributed by atoms with Crippen molar-refractivity contribution in [2.24, 2.45) is 0 Å². The average Bonchev–Trinajstić information content (AvgIpc) is 4.07. The fourth-order valence-electron chi connectivity index (χ4n) is 8.18. The molecule has 1 aliphatic heterocycles. The summed E-state index contributed by atoms with van der Waals surface area (Å²) < 4.78 is 19.7. The van der Waals surface area contributed by atoms with Crippen LogP contribution in [0, 0.1) is 0 Å². The first-order valence-electron chi connectivity index (χ1n) is 20.7. The van der Waals surface area contributed by atoms with Gasteiger partial charge in [0.25, 0.3) is 0 Å². The van der Waals surface area contributed by atoms with Crippen LogP contribution in [0.25, 0.3) is 11.2 Å². The first-order valence-corrected chi connectivity index (χ1v) is 20.7. The van der Waals surface area contributed by atoms with Crippen molar-refractivity contribution in [2.75, 3.05) is 25.0 Å². The topological polar surface area (TPSA) is 205 Å². The van der Waals surface area contributed by atoms with Crippen molar-refractivity contribution in [3.05, 3.63) is 89.8 Å². The van der Waals surface area contributed by atoms with Gasteiger partial charge in [0.15, 0.2) is 47.3 Å². The molecule has 0 bridgehead atoms. The Balaban J connectivity index is 1.20. The van der Waals surface area contributed by atoms with E-state index in [0.29, 0.717) is 48.7 Å². The van der Waals surface area contributed by atoms with Crippen LogP contribution in [0.2, 0.25) is 0 Å². The third-order valence-corrected chi connectivity index (χ3v) is 10.9. The van der Waals surface area contributed by atoms with Crippen LogP contribution in [-0.4, -0.2) is 107 Å². The lowest BCUT2D eigenvalue weighted by Gasteiger charge is -2.32. The third kappa shape index (κ3) is 9.88. The number of fused-ring (bicyclic) bond motifs is 1. The number of carbonyl (C=O) groups excluding carboxylic acids is 3. The molecule has 1 aliphatic carbocycles. The van der Waals surface area contributed by atoms with Gasteiger partial charge in [-0.15, -0.1) is 10.2 Å². The molecule has 60 heavy (non-hydrogen) atoms. The number of urea groups is 1. The molecule has 1 saturated heterocycles. The molecule has 2 fully saturated rings. The van der Waals surface area contributed by atoms with Gasteiger partial charge in [-0.3, -0.25) is 19.1 Å². The Bertz CT molecular complexity index is 2170. The number of carbonyl (C=O) groups is 3. The fourth-order valence-corrected chi connectivity index (χ4v) is 8.18. The van der Waals surface area contributed by atoms with Gasteiger partial charge in [-0.1, -0.05) is 73.5 Å². The van der Waals surface area contributed by atoms with E-state index in [2.05, 4.69) is 74.4 Å². The van der Waals surface area contributed by atoms with Crippen LogP contribution < -0.4 is 16.0 Å². The Hall–Kier alpha value is -6.01. The number of rotatable bonds is 17. The van der Waals surface area contributed by atoms with E-state index in [0.717, 1.165) is 17.7 Å². The molecule has 2 aromatic carbocycles. The van der Waals surface area contributed by atoms with Gasteiger partial charge in [-0.25, -0.2) is 19.7 Å². The maximum absolute atomic E-state index is 13.2. The van der Waals surface area contributed by atoms with Gasteiger partial charge in [0.1, 0.15) is 0 Å². The number of esters is 2. The first kappa shape index (κ1) is 42.1. The molecule has 3 N–H and O–H groups in total. The van der Waals surface area contributed by atoms with Crippen LogP contribution in [0.15, 0.2) is 67.0 Å². The SMILES string of the molecule is CCn1nnc(C2OC(n3cnc4c(NCC(c5ccccc5)c5ccccc5)nc(CNC(=O)NCCN(C(C)C)C5CCCC5)nc43)C(OC(C)=O)C2OC(C)=O)n1. The predicted octanol–water partition coefficient (Wildman–Crippen LogP) is 4.66. The second-order valence-corrected chi connectivity index (χ2v) is 15.4. The van der Waals surface area contributed by atoms with Crippen molar-refractivity contribution in [1.82, 2.24) is 55.3 Å². The zero-order chi connectivity index (χ0) is 42.2. The summed E-state index contributed by atoms with van der Waals surface area (Å²) in [5.41, 5.74) is 2.93. The Kier molecular flexibility index (Phi) is 13.6. The molecule has 4 heterocycles. The first-order chi connectivity index (χ1) is 29.1. The lowest BCUT2D eigenvalue weighted by atomic mass is 9.91. The number of tetrazole rings is 1. The van der Waals surface area contributed by atoms with Crippen molar-refractivity contribution >= 4 is 35.0 Å². The van der Waals surface area contributed by atoms with Crippen molar-refractivity contribution in [3.8, 4) is 0 Å². The molecule has 3 aromatic heterocycles. The standard InChI is InChI=1S/C42H54N12O6/c1-6-54-50-39(49-51-54)36-35(58-27(4)55)37(59-28(5)56)41(60-36)53-25-46-34-38(44-23-32(29-15-9-7-10-16-29)30-17-11-8-12-18-30)47-33(48-40(34)53)24-45-42(57)43-21-22-52(26(2)3)31-19-13-14-20-31/h7-12,15-18,25-26,31-32,35-37,41H,6,13-14,19-24H2,1-5H3,(H2,43,45,57)(H,44,47,48). The van der Waals surface area contributed by atoms with Crippen LogP contribution in [0.3, 0.4) is 0 Å². The summed E-state index contributed by atoms with van der Waals surface area (Å²) in [5.74, 6) is -0.446. The second kappa shape index (κ2) is 19.4. The van der Waals surface area contributed by atoms with Gasteiger partial charge in [-0.05, 0) is 50.0 Å². The minimum Gasteiger partial charge on any atom is -0.455 e. The number of benzene rings is 2. The minimum atomic E-state index is -1.16. The van der Waals surface area contributed by atoms with Crippen LogP contribution in [0.5, 0.6) is 0 Å². The fraction of sp³-hybridized carbons (Fsp3) is 0.500. The number of anilines is 1. The van der Waals surface area contributed by atoms with Gasteiger partial charge >= 0.3 is 18.0 Å². The average molecular weight is 823 g/mol. The van der Waals surface area contributed by atoms with Crippen molar-refractivity contribution in [3.63, 3.8) is 0 Å². The number of aryl methyl sites for hydroxylation is 1. The lowest BCUT2D eigenvalue weighted by Crippen LogP contribution is -2.45. The number of ether oxygens (including phenoxy) is 3. The Morgan fingerprint density at radius 1 is 0.917 bits per heavy atom. The molecule has 1 saturated carbocycles. The zero-order valence-electron chi connectivity index (χ0n) is 34.7. The number of hydrogen-bond donors (Lipinski definition) is 3. The smallest absolute Gasteiger partial charge is 0.315 e. The molecule has 18 nitrogen and oxygen atoms in total. The molecule has 2 aliphatic rings. The molecule has 0 radical (unpaired) electrons. The molecule has 2 amide bonds. The number of imidazole rings is 1. The van der Waals surface area contributed by atoms with E-state index in [1.54, 1.807) is 4.57 Å². The van der Waals surface area contributed by atoms with Crippen molar-refractivity contribution in [2.45, 2.75) is 116 Å². The van der Waals surface area contributed by atoms with E-state index in [9.17, 15) is 14.4 Å². The quantitative estimate of drug-likeness (QED) is 0.109. The molecule has 7 rings (SSSR count). The highest BCUT2D eigenvalue weighted by atomic mass is 16.6. The molecule has 318 valence electrons. The van der Waals surface area contributed by atoms with Crippen LogP contribution in [0.4, 0.5) is 10.6 Å². The van der Waals surface area contributed by atoms with Gasteiger partial charge in [0.05, 0.1) is 19.4 Å². The maximum Gasteiger partial charge on any atom is 0.315 e. The number of nitrogens with one attached hydrogen (secondary N) is 3. The summed E-state index contributed by atoms with van der Waals surface area (Å²) >= 11 is 0. The molecule has 4 unspecified atom stereocenters. The van der Waals surface area contributed by atoms with E-state index >= 15 is 0 Å². The van der Waals surface area contributed by atoms with Crippen LogP contribution in [-0.2, 0) is 36.9 Å². The van der Waals surface area contributed by atoms with Gasteiger partial charge in [0, 0.05) is 51.5 Å². The van der Waals surface area contributed by atoms with Crippen molar-refractivity contribution in [1.29, 1.82) is 0 Å². The van der Waals surface area contributed by atoms with Crippen LogP contribution in [0.1, 0.15) is 101 Å². The highest BCUT2D eigenvalue weighted by Crippen LogP contribution is 2.42. The highest BCUT2D eigenvalue weighted by Gasteiger charge is 2.53. The zero-order valence-corrected chi connectivity index (χ0v) is 34.7. The lowest BCUT2D eigenvalue weighted by molar-refractivity contribution is -0.165. The number of nitrogens with zero attached hydrogens (tertiary/aromatic N) is 9. The summed E-state index contributed by atoms with van der Waals surface area (Å²) in [5, 5.41) is 22.1. The van der Waals surface area contributed by atoms with E-state index in [4.69, 9.17) is 29.2 Å². The molecule has 0 spiro atoms. The van der Waals surface area contributed by atoms with E-state index in [1.165, 1.54) is 50.7 Å². The molecule has 4 atom stereocenters. The van der Waals surface area contributed by atoms with Crippen LogP contribution >= 0.6 is 0 Å². The monoisotopic (exact) mass is 822 g/mol. The molecular weight excluding hydrogens is 769 g/mol. The Morgan fingerprint density at radius 3 is 2.20 bits per heavy atom. The van der Waals surface area contributed by atoms with Gasteiger partial charge in [-0.2, -0.15) is 4.80 Å². The minimum absolute atomic E-state index is 0.0133. The highest BCUT2D eigenvalue weighted by molar-refractivity contribution is 5.83. The number of aromatic nitrogens is 8. The summed E-state index contributed by atoms with van der Waals surface area (Å²) in [6.45, 7) is 10.9. The summed E-state index contributed by atoms with van der Waals surface area (Å²) in [6, 6.07) is 20.9. The van der Waals surface area contributed by atoms with E-state index < -0.39 is 36.5 Å². The summed E-state index contributed by atoms with van der Waals surface area (Å²) in [4.78, 5) is 56.6. The second-order valence-electron chi connectivity index (χ2n) is 15.4.